The zero-order valence-electron chi connectivity index (χ0n) is 11.1. The molecule has 16 heavy (non-hydrogen) atoms. The van der Waals surface area contributed by atoms with E-state index in [1.54, 1.807) is 0 Å². The van der Waals surface area contributed by atoms with Crippen molar-refractivity contribution in [3.05, 3.63) is 28.3 Å². The summed E-state index contributed by atoms with van der Waals surface area (Å²) >= 11 is 0. The molecule has 0 radical (unpaired) electrons. The van der Waals surface area contributed by atoms with E-state index in [0.29, 0.717) is 0 Å². The van der Waals surface area contributed by atoms with Gasteiger partial charge in [0.25, 0.3) is 0 Å². The van der Waals surface area contributed by atoms with Crippen molar-refractivity contribution >= 4 is 0 Å². The van der Waals surface area contributed by atoms with Crippen LogP contribution in [0.4, 0.5) is 0 Å². The molecule has 1 N–H and O–H groups in total. The van der Waals surface area contributed by atoms with Crippen molar-refractivity contribution < 1.29 is 4.74 Å². The third-order valence-electron chi connectivity index (χ3n) is 3.06. The number of rotatable bonds is 5. The van der Waals surface area contributed by atoms with E-state index in [-0.39, 0.29) is 0 Å². The van der Waals surface area contributed by atoms with Gasteiger partial charge in [0.05, 0.1) is 6.61 Å². The maximum atomic E-state index is 5.64. The van der Waals surface area contributed by atoms with Crippen LogP contribution in [-0.4, -0.2) is 13.2 Å². The van der Waals surface area contributed by atoms with Gasteiger partial charge in [0.1, 0.15) is 5.75 Å². The highest BCUT2D eigenvalue weighted by Gasteiger charge is 2.10. The molecule has 0 bridgehead atoms. The van der Waals surface area contributed by atoms with E-state index >= 15 is 0 Å². The predicted molar refractivity (Wildman–Crippen MR) is 69.2 cm³/mol. The number of hydrogen-bond donors (Lipinski definition) is 1. The molecule has 0 aromatic heterocycles. The van der Waals surface area contributed by atoms with Gasteiger partial charge in [0.2, 0.25) is 0 Å². The van der Waals surface area contributed by atoms with Gasteiger partial charge in [-0.05, 0) is 62.6 Å². The van der Waals surface area contributed by atoms with Crippen molar-refractivity contribution in [1.29, 1.82) is 0 Å². The summed E-state index contributed by atoms with van der Waals surface area (Å²) in [6.45, 7) is 13.3. The summed E-state index contributed by atoms with van der Waals surface area (Å²) in [4.78, 5) is 0. The second-order valence-electron chi connectivity index (χ2n) is 4.13. The van der Waals surface area contributed by atoms with Crippen LogP contribution >= 0.6 is 0 Å². The Morgan fingerprint density at radius 3 is 2.38 bits per heavy atom. The van der Waals surface area contributed by atoms with E-state index in [9.17, 15) is 0 Å². The molecule has 0 saturated heterocycles. The van der Waals surface area contributed by atoms with Gasteiger partial charge in [-0.3, -0.25) is 0 Å². The highest BCUT2D eigenvalue weighted by molar-refractivity contribution is 5.48. The Balaban J connectivity index is 3.07. The second-order valence-corrected chi connectivity index (χ2v) is 4.13. The number of aryl methyl sites for hydroxylation is 1. The molecule has 0 spiro atoms. The lowest BCUT2D eigenvalue weighted by Crippen LogP contribution is -2.14. The van der Waals surface area contributed by atoms with Gasteiger partial charge in [-0.25, -0.2) is 0 Å². The number of hydrogen-bond acceptors (Lipinski definition) is 2. The minimum absolute atomic E-state index is 0.728. The first-order valence-electron chi connectivity index (χ1n) is 6.05. The predicted octanol–water partition coefficient (Wildman–Crippen LogP) is 3.12. The van der Waals surface area contributed by atoms with E-state index in [2.05, 4.69) is 39.1 Å². The summed E-state index contributed by atoms with van der Waals surface area (Å²) in [6.07, 6.45) is 0. The van der Waals surface area contributed by atoms with E-state index < -0.39 is 0 Å². The number of nitrogens with one attached hydrogen (secondary N) is 1. The molecule has 0 saturated carbocycles. The fraction of sp³-hybridized carbons (Fsp3) is 0.571. The maximum absolute atomic E-state index is 5.64. The van der Waals surface area contributed by atoms with E-state index in [1.165, 1.54) is 22.3 Å². The molecule has 0 aliphatic heterocycles. The van der Waals surface area contributed by atoms with Crippen LogP contribution in [0.3, 0.4) is 0 Å². The van der Waals surface area contributed by atoms with Gasteiger partial charge in [-0.15, -0.1) is 0 Å². The van der Waals surface area contributed by atoms with Gasteiger partial charge in [-0.1, -0.05) is 6.92 Å². The summed E-state index contributed by atoms with van der Waals surface area (Å²) in [5.74, 6) is 1.03. The summed E-state index contributed by atoms with van der Waals surface area (Å²) in [5.41, 5.74) is 5.33. The molecule has 1 aromatic rings. The summed E-state index contributed by atoms with van der Waals surface area (Å²) in [7, 11) is 0. The van der Waals surface area contributed by atoms with Crippen LogP contribution in [0, 0.1) is 20.8 Å². The smallest absolute Gasteiger partial charge is 0.122 e. The van der Waals surface area contributed by atoms with Crippen LogP contribution in [0.2, 0.25) is 0 Å². The molecule has 90 valence electrons. The van der Waals surface area contributed by atoms with Crippen LogP contribution in [0.15, 0.2) is 6.07 Å². The molecule has 0 unspecified atom stereocenters. The zero-order chi connectivity index (χ0) is 12.1. The van der Waals surface area contributed by atoms with Crippen molar-refractivity contribution in [2.24, 2.45) is 0 Å². The zero-order valence-corrected chi connectivity index (χ0v) is 11.1. The van der Waals surface area contributed by atoms with E-state index in [0.717, 1.165) is 25.4 Å². The van der Waals surface area contributed by atoms with Crippen LogP contribution in [-0.2, 0) is 6.54 Å². The SMILES string of the molecule is CCNCc1c(C)cc(OCC)c(C)c1C. The largest absolute Gasteiger partial charge is 0.494 e. The lowest BCUT2D eigenvalue weighted by Gasteiger charge is -2.17. The highest BCUT2D eigenvalue weighted by Crippen LogP contribution is 2.27. The Kier molecular flexibility index (Phi) is 4.81. The van der Waals surface area contributed by atoms with Gasteiger partial charge in [0.15, 0.2) is 0 Å². The lowest BCUT2D eigenvalue weighted by atomic mass is 9.97. The number of ether oxygens (including phenoxy) is 1. The summed E-state index contributed by atoms with van der Waals surface area (Å²) in [5, 5.41) is 3.38. The Morgan fingerprint density at radius 1 is 1.12 bits per heavy atom. The first-order valence-corrected chi connectivity index (χ1v) is 6.05. The molecular formula is C14H23NO. The molecule has 0 heterocycles. The van der Waals surface area contributed by atoms with Crippen LogP contribution in [0.25, 0.3) is 0 Å². The molecule has 1 aromatic carbocycles. The molecule has 2 nitrogen and oxygen atoms in total. The lowest BCUT2D eigenvalue weighted by molar-refractivity contribution is 0.337. The van der Waals surface area contributed by atoms with Crippen molar-refractivity contribution in [3.63, 3.8) is 0 Å². The van der Waals surface area contributed by atoms with Gasteiger partial charge >= 0.3 is 0 Å². The normalized spacial score (nSPS) is 10.6. The fourth-order valence-electron chi connectivity index (χ4n) is 1.93. The topological polar surface area (TPSA) is 21.3 Å². The molecule has 0 amide bonds. The third kappa shape index (κ3) is 2.76. The third-order valence-corrected chi connectivity index (χ3v) is 3.06. The highest BCUT2D eigenvalue weighted by atomic mass is 16.5. The number of benzene rings is 1. The first-order chi connectivity index (χ1) is 7.61. The summed E-state index contributed by atoms with van der Waals surface area (Å²) < 4.78 is 5.64. The van der Waals surface area contributed by atoms with Crippen molar-refractivity contribution in [2.45, 2.75) is 41.2 Å². The average Bonchev–Trinajstić information content (AvgIpc) is 2.26. The minimum Gasteiger partial charge on any atom is -0.494 e. The van der Waals surface area contributed by atoms with Gasteiger partial charge < -0.3 is 10.1 Å². The first kappa shape index (κ1) is 13.0. The van der Waals surface area contributed by atoms with Crippen molar-refractivity contribution in [2.75, 3.05) is 13.2 Å². The van der Waals surface area contributed by atoms with Gasteiger partial charge in [-0.2, -0.15) is 0 Å². The Bertz CT molecular complexity index is 358. The molecule has 0 atom stereocenters. The van der Waals surface area contributed by atoms with E-state index in [4.69, 9.17) is 4.74 Å². The fourth-order valence-corrected chi connectivity index (χ4v) is 1.93. The van der Waals surface area contributed by atoms with Crippen LogP contribution in [0.5, 0.6) is 5.75 Å². The van der Waals surface area contributed by atoms with Crippen LogP contribution < -0.4 is 10.1 Å². The molecule has 0 aliphatic rings. The molecule has 0 aliphatic carbocycles. The second kappa shape index (κ2) is 5.90. The molecule has 2 heteroatoms. The van der Waals surface area contributed by atoms with Gasteiger partial charge in [0, 0.05) is 6.54 Å². The Morgan fingerprint density at radius 2 is 1.81 bits per heavy atom. The Hall–Kier alpha value is -1.02. The van der Waals surface area contributed by atoms with Crippen molar-refractivity contribution in [1.82, 2.24) is 5.32 Å². The quantitative estimate of drug-likeness (QED) is 0.825. The van der Waals surface area contributed by atoms with Crippen LogP contribution in [0.1, 0.15) is 36.1 Å². The van der Waals surface area contributed by atoms with Crippen molar-refractivity contribution in [3.8, 4) is 5.75 Å². The Labute approximate surface area is 99.0 Å². The van der Waals surface area contributed by atoms with E-state index in [1.807, 2.05) is 6.92 Å². The monoisotopic (exact) mass is 221 g/mol. The standard InChI is InChI=1S/C14H23NO/c1-6-15-9-13-10(3)8-14(16-7-2)12(5)11(13)4/h8,15H,6-7,9H2,1-5H3. The summed E-state index contributed by atoms with van der Waals surface area (Å²) in [6, 6.07) is 2.15. The molecule has 1 rings (SSSR count). The maximum Gasteiger partial charge on any atom is 0.122 e. The average molecular weight is 221 g/mol. The minimum atomic E-state index is 0.728. The molecular weight excluding hydrogens is 198 g/mol. The molecule has 0 fully saturated rings.